The molecule has 0 aliphatic rings. The van der Waals surface area contributed by atoms with Crippen molar-refractivity contribution in [3.8, 4) is 0 Å². The first kappa shape index (κ1) is 19.0. The number of ether oxygens (including phenoxy) is 1. The molecule has 11 heteroatoms. The molecule has 0 radical (unpaired) electrons. The fourth-order valence-electron chi connectivity index (χ4n) is 2.59. The Bertz CT molecular complexity index is 976. The van der Waals surface area contributed by atoms with Crippen molar-refractivity contribution in [2.45, 2.75) is 19.4 Å². The predicted molar refractivity (Wildman–Crippen MR) is 95.9 cm³/mol. The average molecular weight is 441 g/mol. The van der Waals surface area contributed by atoms with Gasteiger partial charge < -0.3 is 15.8 Å². The van der Waals surface area contributed by atoms with Crippen LogP contribution in [-0.4, -0.2) is 32.3 Å². The summed E-state index contributed by atoms with van der Waals surface area (Å²) < 4.78 is 33.7. The fraction of sp³-hybridized carbons (Fsp3) is 0.250. The molecule has 142 valence electrons. The highest BCUT2D eigenvalue weighted by Crippen LogP contribution is 2.30. The van der Waals surface area contributed by atoms with E-state index in [1.165, 1.54) is 23.0 Å². The van der Waals surface area contributed by atoms with Crippen LogP contribution in [-0.2, 0) is 11.2 Å². The molecule has 0 saturated carbocycles. The summed E-state index contributed by atoms with van der Waals surface area (Å²) in [7, 11) is 0. The van der Waals surface area contributed by atoms with E-state index in [9.17, 15) is 13.6 Å². The van der Waals surface area contributed by atoms with Crippen LogP contribution in [0.3, 0.4) is 0 Å². The van der Waals surface area contributed by atoms with Crippen molar-refractivity contribution in [3.63, 3.8) is 0 Å². The molecule has 3 rings (SSSR count). The van der Waals surface area contributed by atoms with Gasteiger partial charge in [-0.25, -0.2) is 18.6 Å². The Morgan fingerprint density at radius 3 is 2.74 bits per heavy atom. The maximum Gasteiger partial charge on any atom is 0.407 e. The van der Waals surface area contributed by atoms with Gasteiger partial charge >= 0.3 is 6.09 Å². The molecular formula is C16H15BrF2N6O2. The minimum Gasteiger partial charge on any atom is -0.450 e. The van der Waals surface area contributed by atoms with Crippen LogP contribution in [0.25, 0.3) is 5.78 Å². The van der Waals surface area contributed by atoms with Gasteiger partial charge in [-0.3, -0.25) is 0 Å². The van der Waals surface area contributed by atoms with E-state index in [1.54, 1.807) is 6.92 Å². The van der Waals surface area contributed by atoms with Crippen LogP contribution in [0.2, 0.25) is 0 Å². The lowest BCUT2D eigenvalue weighted by Crippen LogP contribution is -2.32. The van der Waals surface area contributed by atoms with Crippen molar-refractivity contribution in [2.75, 3.05) is 12.3 Å². The smallest absolute Gasteiger partial charge is 0.407 e. The van der Waals surface area contributed by atoms with Crippen molar-refractivity contribution >= 4 is 33.6 Å². The first-order valence-corrected chi connectivity index (χ1v) is 8.71. The van der Waals surface area contributed by atoms with Crippen LogP contribution in [0, 0.1) is 11.6 Å². The number of carbonyl (C=O) groups is 1. The van der Waals surface area contributed by atoms with E-state index in [0.29, 0.717) is 15.7 Å². The summed E-state index contributed by atoms with van der Waals surface area (Å²) in [5.74, 6) is -1.01. The van der Waals surface area contributed by atoms with E-state index >= 15 is 0 Å². The molecule has 1 atom stereocenters. The number of nitrogen functional groups attached to an aromatic ring is 1. The number of rotatable bonds is 5. The van der Waals surface area contributed by atoms with Gasteiger partial charge in [-0.05, 0) is 47.0 Å². The molecule has 27 heavy (non-hydrogen) atoms. The highest BCUT2D eigenvalue weighted by atomic mass is 79.9. The van der Waals surface area contributed by atoms with Gasteiger partial charge in [-0.15, -0.1) is 0 Å². The summed E-state index contributed by atoms with van der Waals surface area (Å²) in [6.45, 7) is 1.82. The van der Waals surface area contributed by atoms with Gasteiger partial charge in [0.1, 0.15) is 23.8 Å². The van der Waals surface area contributed by atoms with Gasteiger partial charge in [0.25, 0.3) is 5.78 Å². The molecule has 1 amide bonds. The van der Waals surface area contributed by atoms with Gasteiger partial charge in [-0.1, -0.05) is 0 Å². The molecule has 2 aromatic heterocycles. The van der Waals surface area contributed by atoms with Crippen LogP contribution >= 0.6 is 15.9 Å². The van der Waals surface area contributed by atoms with Crippen LogP contribution in [0.5, 0.6) is 0 Å². The van der Waals surface area contributed by atoms with Gasteiger partial charge in [0.05, 0.1) is 22.8 Å². The topological polar surface area (TPSA) is 107 Å². The third-order valence-electron chi connectivity index (χ3n) is 3.69. The zero-order valence-corrected chi connectivity index (χ0v) is 15.7. The largest absolute Gasteiger partial charge is 0.450 e. The Balaban J connectivity index is 2.03. The van der Waals surface area contributed by atoms with Gasteiger partial charge in [0.2, 0.25) is 0 Å². The lowest BCUT2D eigenvalue weighted by atomic mass is 10.0. The Hall–Kier alpha value is -2.82. The van der Waals surface area contributed by atoms with Crippen LogP contribution < -0.4 is 11.1 Å². The molecule has 0 saturated heterocycles. The van der Waals surface area contributed by atoms with Crippen molar-refractivity contribution in [1.82, 2.24) is 24.9 Å². The fourth-order valence-corrected chi connectivity index (χ4v) is 3.12. The number of alkyl carbamates (subject to hydrolysis) is 1. The van der Waals surface area contributed by atoms with E-state index in [0.717, 1.165) is 6.07 Å². The zero-order valence-electron chi connectivity index (χ0n) is 14.1. The summed E-state index contributed by atoms with van der Waals surface area (Å²) in [4.78, 5) is 20.3. The number of benzene rings is 1. The number of halogens is 3. The van der Waals surface area contributed by atoms with Crippen LogP contribution in [0.4, 0.5) is 19.4 Å². The molecular weight excluding hydrogens is 426 g/mol. The third kappa shape index (κ3) is 4.13. The molecule has 3 N–H and O–H groups in total. The lowest BCUT2D eigenvalue weighted by molar-refractivity contribution is 0.147. The van der Waals surface area contributed by atoms with E-state index in [4.69, 9.17) is 10.5 Å². The summed E-state index contributed by atoms with van der Waals surface area (Å²) in [6.07, 6.45) is 0.626. The van der Waals surface area contributed by atoms with Gasteiger partial charge in [0, 0.05) is 6.07 Å². The molecule has 0 aliphatic carbocycles. The summed E-state index contributed by atoms with van der Waals surface area (Å²) >= 11 is 3.34. The number of amides is 1. The lowest BCUT2D eigenvalue weighted by Gasteiger charge is -2.20. The van der Waals surface area contributed by atoms with E-state index in [-0.39, 0.29) is 24.6 Å². The summed E-state index contributed by atoms with van der Waals surface area (Å²) in [5.41, 5.74) is 6.69. The van der Waals surface area contributed by atoms with E-state index in [2.05, 4.69) is 36.3 Å². The number of hydrogen-bond donors (Lipinski definition) is 2. The quantitative estimate of drug-likeness (QED) is 0.631. The second kappa shape index (κ2) is 7.82. The normalized spacial score (nSPS) is 12.1. The highest BCUT2D eigenvalue weighted by Gasteiger charge is 2.24. The second-order valence-electron chi connectivity index (χ2n) is 5.57. The van der Waals surface area contributed by atoms with Gasteiger partial charge in [0.15, 0.2) is 0 Å². The van der Waals surface area contributed by atoms with E-state index < -0.39 is 23.8 Å². The maximum atomic E-state index is 13.6. The predicted octanol–water partition coefficient (Wildman–Crippen LogP) is 2.78. The molecule has 0 fully saturated rings. The Kier molecular flexibility index (Phi) is 5.49. The first-order valence-electron chi connectivity index (χ1n) is 7.92. The van der Waals surface area contributed by atoms with Crippen molar-refractivity contribution in [1.29, 1.82) is 0 Å². The van der Waals surface area contributed by atoms with Crippen LogP contribution in [0.1, 0.15) is 24.2 Å². The standard InChI is InChI=1S/C16H15BrF2N6O2/c1-2-27-16(26)23-11(5-8-3-9(18)6-10(19)4-8)13-12(17)14(20)25-15(24-13)21-7-22-25/h3-4,6-7,11H,2,5,20H2,1H3,(H,23,26). The average Bonchev–Trinajstić information content (AvgIpc) is 3.05. The molecule has 1 aromatic carbocycles. The minimum atomic E-state index is -0.788. The van der Waals surface area contributed by atoms with Crippen LogP contribution in [0.15, 0.2) is 29.0 Å². The number of nitrogens with zero attached hydrogens (tertiary/aromatic N) is 4. The van der Waals surface area contributed by atoms with Gasteiger partial charge in [-0.2, -0.15) is 14.6 Å². The monoisotopic (exact) mass is 440 g/mol. The Labute approximate surface area is 160 Å². The summed E-state index contributed by atoms with van der Waals surface area (Å²) in [6, 6.07) is 2.33. The molecule has 2 heterocycles. The molecule has 8 nitrogen and oxygen atoms in total. The zero-order chi connectivity index (χ0) is 19.6. The third-order valence-corrected chi connectivity index (χ3v) is 4.50. The summed E-state index contributed by atoms with van der Waals surface area (Å²) in [5, 5.41) is 6.59. The Morgan fingerprint density at radius 1 is 1.37 bits per heavy atom. The van der Waals surface area contributed by atoms with Crippen molar-refractivity contribution in [3.05, 3.63) is 51.9 Å². The number of nitrogens with one attached hydrogen (secondary N) is 1. The minimum absolute atomic E-state index is 0.0445. The molecule has 0 bridgehead atoms. The number of aromatic nitrogens is 4. The SMILES string of the molecule is CCOC(=O)NC(Cc1cc(F)cc(F)c1)c1nc2ncnn2c(N)c1Br. The molecule has 3 aromatic rings. The number of nitrogens with two attached hydrogens (primary N) is 1. The first-order chi connectivity index (χ1) is 12.9. The Morgan fingerprint density at radius 2 is 2.07 bits per heavy atom. The van der Waals surface area contributed by atoms with E-state index in [1.807, 2.05) is 0 Å². The second-order valence-corrected chi connectivity index (χ2v) is 6.36. The number of fused-ring (bicyclic) bond motifs is 1. The highest BCUT2D eigenvalue weighted by molar-refractivity contribution is 9.10. The number of carbonyl (C=O) groups excluding carboxylic acids is 1. The number of hydrogen-bond acceptors (Lipinski definition) is 6. The van der Waals surface area contributed by atoms with Crippen molar-refractivity contribution < 1.29 is 18.3 Å². The molecule has 0 aliphatic heterocycles. The maximum absolute atomic E-state index is 13.6. The van der Waals surface area contributed by atoms with Crippen molar-refractivity contribution in [2.24, 2.45) is 0 Å². The number of anilines is 1. The molecule has 0 spiro atoms. The molecule has 1 unspecified atom stereocenters.